The first-order valence-corrected chi connectivity index (χ1v) is 9.87. The van der Waals surface area contributed by atoms with Crippen LogP contribution in [-0.4, -0.2) is 85.1 Å². The van der Waals surface area contributed by atoms with Crippen LogP contribution in [0.1, 0.15) is 25.7 Å². The van der Waals surface area contributed by atoms with Crippen molar-refractivity contribution in [2.75, 3.05) is 57.5 Å². The van der Waals surface area contributed by atoms with Crippen molar-refractivity contribution < 1.29 is 19.0 Å². The van der Waals surface area contributed by atoms with E-state index in [0.717, 1.165) is 38.3 Å². The second-order valence-electron chi connectivity index (χ2n) is 7.48. The highest BCUT2D eigenvalue weighted by Crippen LogP contribution is 2.33. The van der Waals surface area contributed by atoms with Crippen LogP contribution in [0.25, 0.3) is 0 Å². The molecule has 0 aliphatic carbocycles. The normalized spacial score (nSPS) is 26.2. The van der Waals surface area contributed by atoms with Crippen molar-refractivity contribution in [1.29, 1.82) is 0 Å². The highest BCUT2D eigenvalue weighted by Gasteiger charge is 2.41. The summed E-state index contributed by atoms with van der Waals surface area (Å²) in [7, 11) is 0. The minimum absolute atomic E-state index is 0.0961. The van der Waals surface area contributed by atoms with Crippen molar-refractivity contribution in [2.45, 2.75) is 37.4 Å². The first-order chi connectivity index (χ1) is 13.2. The monoisotopic (exact) mass is 376 g/mol. The van der Waals surface area contributed by atoms with Gasteiger partial charge in [0.2, 0.25) is 11.9 Å². The van der Waals surface area contributed by atoms with E-state index in [2.05, 4.69) is 14.9 Å². The molecule has 0 radical (unpaired) electrons. The number of hydrogen-bond acceptors (Lipinski definition) is 7. The van der Waals surface area contributed by atoms with Gasteiger partial charge >= 0.3 is 0 Å². The van der Waals surface area contributed by atoms with Crippen LogP contribution in [0, 0.1) is 0 Å². The van der Waals surface area contributed by atoms with Crippen molar-refractivity contribution in [3.63, 3.8) is 0 Å². The molecule has 0 aromatic carbocycles. The fraction of sp³-hybridized carbons (Fsp3) is 0.737. The van der Waals surface area contributed by atoms with E-state index in [4.69, 9.17) is 14.2 Å². The molecular formula is C19H28N4O4. The summed E-state index contributed by atoms with van der Waals surface area (Å²) >= 11 is 0. The van der Waals surface area contributed by atoms with Gasteiger partial charge in [-0.2, -0.15) is 0 Å². The molecular weight excluding hydrogens is 348 g/mol. The molecule has 1 aromatic heterocycles. The zero-order chi connectivity index (χ0) is 18.5. The Bertz CT molecular complexity index is 615. The van der Waals surface area contributed by atoms with Crippen LogP contribution in [0.2, 0.25) is 0 Å². The Morgan fingerprint density at radius 1 is 1.11 bits per heavy atom. The Kier molecular flexibility index (Phi) is 5.85. The maximum atomic E-state index is 12.8. The lowest BCUT2D eigenvalue weighted by atomic mass is 9.87. The predicted octanol–water partition coefficient (Wildman–Crippen LogP) is 0.870. The van der Waals surface area contributed by atoms with E-state index in [-0.39, 0.29) is 17.6 Å². The fourth-order valence-corrected chi connectivity index (χ4v) is 4.06. The molecule has 0 saturated carbocycles. The van der Waals surface area contributed by atoms with E-state index < -0.39 is 0 Å². The molecule has 0 N–H and O–H groups in total. The average Bonchev–Trinajstić information content (AvgIpc) is 2.87. The van der Waals surface area contributed by atoms with Crippen LogP contribution in [0.4, 0.5) is 5.95 Å². The highest BCUT2D eigenvalue weighted by molar-refractivity contribution is 5.77. The van der Waals surface area contributed by atoms with Gasteiger partial charge in [-0.05, 0) is 25.3 Å². The number of hydrogen-bond donors (Lipinski definition) is 0. The summed E-state index contributed by atoms with van der Waals surface area (Å²) in [4.78, 5) is 25.6. The van der Waals surface area contributed by atoms with Crippen LogP contribution >= 0.6 is 0 Å². The molecule has 8 heteroatoms. The molecule has 0 bridgehead atoms. The van der Waals surface area contributed by atoms with Gasteiger partial charge < -0.3 is 24.0 Å². The quantitative estimate of drug-likeness (QED) is 0.772. The number of anilines is 1. The Labute approximate surface area is 159 Å². The zero-order valence-electron chi connectivity index (χ0n) is 15.7. The van der Waals surface area contributed by atoms with Crippen LogP contribution in [-0.2, 0) is 19.0 Å². The summed E-state index contributed by atoms with van der Waals surface area (Å²) in [6.45, 7) is 5.51. The van der Waals surface area contributed by atoms with Gasteiger partial charge in [-0.3, -0.25) is 4.79 Å². The van der Waals surface area contributed by atoms with Crippen molar-refractivity contribution >= 4 is 11.9 Å². The Morgan fingerprint density at radius 2 is 1.93 bits per heavy atom. The van der Waals surface area contributed by atoms with E-state index in [9.17, 15) is 4.79 Å². The number of carbonyl (C=O) groups is 1. The van der Waals surface area contributed by atoms with Crippen LogP contribution in [0.15, 0.2) is 18.5 Å². The van der Waals surface area contributed by atoms with Crippen molar-refractivity contribution in [3.8, 4) is 0 Å². The number of nitrogens with zero attached hydrogens (tertiary/aromatic N) is 4. The lowest BCUT2D eigenvalue weighted by Gasteiger charge is -2.40. The van der Waals surface area contributed by atoms with E-state index in [1.807, 2.05) is 11.0 Å². The number of aromatic nitrogens is 2. The molecule has 3 saturated heterocycles. The van der Waals surface area contributed by atoms with E-state index in [0.29, 0.717) is 45.9 Å². The predicted molar refractivity (Wildman–Crippen MR) is 98.5 cm³/mol. The van der Waals surface area contributed by atoms with Crippen LogP contribution < -0.4 is 4.90 Å². The van der Waals surface area contributed by atoms with Gasteiger partial charge in [0.25, 0.3) is 0 Å². The third-order valence-corrected chi connectivity index (χ3v) is 5.71. The lowest BCUT2D eigenvalue weighted by Crippen LogP contribution is -2.48. The lowest BCUT2D eigenvalue weighted by molar-refractivity contribution is -0.135. The van der Waals surface area contributed by atoms with Crippen LogP contribution in [0.5, 0.6) is 0 Å². The summed E-state index contributed by atoms with van der Waals surface area (Å²) in [6, 6.07) is 1.82. The number of carbonyl (C=O) groups excluding carboxylic acids is 1. The first kappa shape index (κ1) is 18.6. The maximum absolute atomic E-state index is 12.8. The minimum Gasteiger partial charge on any atom is -0.376 e. The molecule has 1 amide bonds. The van der Waals surface area contributed by atoms with Crippen molar-refractivity contribution in [3.05, 3.63) is 18.5 Å². The summed E-state index contributed by atoms with van der Waals surface area (Å²) in [5.41, 5.74) is -0.346. The van der Waals surface area contributed by atoms with Gasteiger partial charge in [-0.15, -0.1) is 0 Å². The third-order valence-electron chi connectivity index (χ3n) is 5.71. The fourth-order valence-electron chi connectivity index (χ4n) is 4.06. The largest absolute Gasteiger partial charge is 0.376 e. The van der Waals surface area contributed by atoms with Gasteiger partial charge in [-0.25, -0.2) is 9.97 Å². The van der Waals surface area contributed by atoms with Gasteiger partial charge in [0.1, 0.15) is 0 Å². The Hall–Kier alpha value is -1.77. The molecule has 3 aliphatic heterocycles. The molecule has 1 atom stereocenters. The minimum atomic E-state index is -0.346. The van der Waals surface area contributed by atoms with Crippen molar-refractivity contribution in [1.82, 2.24) is 14.9 Å². The van der Waals surface area contributed by atoms with Gasteiger partial charge in [0.15, 0.2) is 0 Å². The molecule has 4 rings (SSSR count). The SMILES string of the molecule is O=C1CC2(CCN(c3ncccn3)CC2)OCCN1CCC1COCCO1. The van der Waals surface area contributed by atoms with E-state index in [1.54, 1.807) is 12.4 Å². The number of ether oxygens (including phenoxy) is 3. The zero-order valence-corrected chi connectivity index (χ0v) is 15.7. The smallest absolute Gasteiger partial charge is 0.225 e. The second-order valence-corrected chi connectivity index (χ2v) is 7.48. The van der Waals surface area contributed by atoms with E-state index in [1.165, 1.54) is 0 Å². The Balaban J connectivity index is 1.30. The third kappa shape index (κ3) is 4.56. The standard InChI is InChI=1S/C19H28N4O4/c24-17-14-19(3-8-23(9-4-19)18-20-5-1-6-21-18)27-11-10-22(17)7-2-16-15-25-12-13-26-16/h1,5-6,16H,2-4,7-15H2. The second kappa shape index (κ2) is 8.50. The molecule has 148 valence electrons. The molecule has 8 nitrogen and oxygen atoms in total. The summed E-state index contributed by atoms with van der Waals surface area (Å²) in [5, 5.41) is 0. The molecule has 4 heterocycles. The summed E-state index contributed by atoms with van der Waals surface area (Å²) < 4.78 is 17.4. The molecule has 1 spiro atoms. The number of rotatable bonds is 4. The molecule has 3 fully saturated rings. The molecule has 27 heavy (non-hydrogen) atoms. The maximum Gasteiger partial charge on any atom is 0.225 e. The Morgan fingerprint density at radius 3 is 2.67 bits per heavy atom. The summed E-state index contributed by atoms with van der Waals surface area (Å²) in [5.74, 6) is 0.942. The molecule has 1 aromatic rings. The van der Waals surface area contributed by atoms with Gasteiger partial charge in [-0.1, -0.05) is 0 Å². The van der Waals surface area contributed by atoms with Gasteiger partial charge in [0.05, 0.1) is 44.6 Å². The van der Waals surface area contributed by atoms with Crippen LogP contribution in [0.3, 0.4) is 0 Å². The van der Waals surface area contributed by atoms with E-state index >= 15 is 0 Å². The first-order valence-electron chi connectivity index (χ1n) is 9.87. The van der Waals surface area contributed by atoms with Gasteiger partial charge in [0, 0.05) is 38.6 Å². The number of piperidine rings is 1. The molecule has 3 aliphatic rings. The van der Waals surface area contributed by atoms with Crippen molar-refractivity contribution in [2.24, 2.45) is 0 Å². The summed E-state index contributed by atoms with van der Waals surface area (Å²) in [6.07, 6.45) is 6.54. The highest BCUT2D eigenvalue weighted by atomic mass is 16.6. The topological polar surface area (TPSA) is 77.0 Å². The average molecular weight is 376 g/mol. The number of amides is 1. The molecule has 1 unspecified atom stereocenters.